The van der Waals surface area contributed by atoms with Gasteiger partial charge in [0.1, 0.15) is 22.8 Å². The maximum atomic E-state index is 13.1. The van der Waals surface area contributed by atoms with Crippen molar-refractivity contribution in [2.75, 3.05) is 21.3 Å². The van der Waals surface area contributed by atoms with Gasteiger partial charge in [-0.2, -0.15) is 18.4 Å². The summed E-state index contributed by atoms with van der Waals surface area (Å²) in [5, 5.41) is 15.6. The van der Waals surface area contributed by atoms with Crippen molar-refractivity contribution in [2.24, 2.45) is 10.7 Å². The number of hydrogen-bond donors (Lipinski definition) is 3. The third-order valence-corrected chi connectivity index (χ3v) is 7.38. The van der Waals surface area contributed by atoms with Crippen LogP contribution in [0.2, 0.25) is 0 Å². The molecule has 0 aromatic heterocycles. The van der Waals surface area contributed by atoms with E-state index in [1.165, 1.54) is 23.4 Å². The molecule has 3 aromatic carbocycles. The number of carbonyl (C=O) groups excluding carboxylic acids is 2. The van der Waals surface area contributed by atoms with Gasteiger partial charge in [-0.05, 0) is 59.5 Å². The molecule has 1 unspecified atom stereocenters. The fraction of sp³-hybridized carbons (Fsp3) is 0.200. The number of hydrogen-bond acceptors (Lipinski definition) is 6. The van der Waals surface area contributed by atoms with Crippen LogP contribution in [-0.4, -0.2) is 23.9 Å². The van der Waals surface area contributed by atoms with Crippen molar-refractivity contribution in [3.05, 3.63) is 100 Å². The number of aliphatic imine (C=N–C) groups is 1. The Morgan fingerprint density at radius 2 is 1.71 bits per heavy atom. The molecule has 2 amide bonds. The largest absolute Gasteiger partial charge is 0.416 e. The van der Waals surface area contributed by atoms with Crippen LogP contribution in [0.1, 0.15) is 42.6 Å². The second-order valence-corrected chi connectivity index (χ2v) is 10.5. The molecule has 0 bridgehead atoms. The van der Waals surface area contributed by atoms with Gasteiger partial charge in [-0.15, -0.1) is 0 Å². The Hall–Kier alpha value is -4.60. The van der Waals surface area contributed by atoms with Gasteiger partial charge in [0, 0.05) is 11.4 Å². The topological polar surface area (TPSA) is 124 Å². The average Bonchev–Trinajstić information content (AvgIpc) is 3.34. The first-order valence-corrected chi connectivity index (χ1v) is 13.8. The van der Waals surface area contributed by atoms with E-state index in [4.69, 9.17) is 5.73 Å². The molecule has 1 aliphatic rings. The van der Waals surface area contributed by atoms with Crippen LogP contribution in [0.4, 0.5) is 30.2 Å². The summed E-state index contributed by atoms with van der Waals surface area (Å²) in [5.41, 5.74) is 8.15. The number of nitrogens with two attached hydrogens (primary N) is 1. The molecule has 12 heteroatoms. The van der Waals surface area contributed by atoms with Crippen molar-refractivity contribution < 1.29 is 22.8 Å². The number of anilines is 3. The predicted molar refractivity (Wildman–Crippen MR) is 159 cm³/mol. The van der Waals surface area contributed by atoms with Gasteiger partial charge >= 0.3 is 6.18 Å². The molecule has 0 aliphatic carbocycles. The molecular weight excluding hydrogens is 565 g/mol. The number of thioether (sulfide) groups is 1. The molecule has 1 atom stereocenters. The maximum absolute atomic E-state index is 13.1. The van der Waals surface area contributed by atoms with Crippen molar-refractivity contribution in [3.63, 3.8) is 0 Å². The normalized spacial score (nSPS) is 15.6. The molecule has 1 saturated heterocycles. The molecule has 1 heterocycles. The highest BCUT2D eigenvalue weighted by molar-refractivity contribution is 8.04. The van der Waals surface area contributed by atoms with E-state index < -0.39 is 23.8 Å². The van der Waals surface area contributed by atoms with Crippen LogP contribution in [0.25, 0.3) is 0 Å². The lowest BCUT2D eigenvalue weighted by molar-refractivity contribution is -0.137. The minimum absolute atomic E-state index is 0.112. The summed E-state index contributed by atoms with van der Waals surface area (Å²) in [7, 11) is 0. The molecule has 1 fully saturated rings. The van der Waals surface area contributed by atoms with Gasteiger partial charge in [0.05, 0.1) is 23.3 Å². The number of benzene rings is 3. The zero-order chi connectivity index (χ0) is 30.4. The Balaban J connectivity index is 1.44. The van der Waals surface area contributed by atoms with Crippen molar-refractivity contribution in [1.29, 1.82) is 5.26 Å². The van der Waals surface area contributed by atoms with Crippen LogP contribution >= 0.6 is 11.8 Å². The number of nitrogens with zero attached hydrogens (tertiary/aromatic N) is 3. The predicted octanol–water partition coefficient (Wildman–Crippen LogP) is 6.38. The molecule has 3 aromatic rings. The maximum Gasteiger partial charge on any atom is 0.416 e. The summed E-state index contributed by atoms with van der Waals surface area (Å²) in [5.74, 6) is -0.635. The van der Waals surface area contributed by atoms with E-state index in [1.54, 1.807) is 30.3 Å². The molecule has 0 radical (unpaired) electrons. The number of amides is 2. The first-order chi connectivity index (χ1) is 20.0. The minimum Gasteiger partial charge on any atom is -0.347 e. The lowest BCUT2D eigenvalue weighted by atomic mass is 10.0. The number of halogens is 3. The highest BCUT2D eigenvalue weighted by Gasteiger charge is 2.34. The van der Waals surface area contributed by atoms with Crippen molar-refractivity contribution >= 4 is 47.0 Å². The summed E-state index contributed by atoms with van der Waals surface area (Å²) >= 11 is 1.14. The van der Waals surface area contributed by atoms with Gasteiger partial charge < -0.3 is 16.4 Å². The number of para-hydroxylation sites is 1. The number of rotatable bonds is 8. The van der Waals surface area contributed by atoms with Gasteiger partial charge in [-0.1, -0.05) is 55.9 Å². The van der Waals surface area contributed by atoms with Gasteiger partial charge in [0.25, 0.3) is 5.91 Å². The molecule has 42 heavy (non-hydrogen) atoms. The van der Waals surface area contributed by atoms with E-state index >= 15 is 0 Å². The van der Waals surface area contributed by atoms with Crippen LogP contribution in [0.3, 0.4) is 0 Å². The molecule has 4 rings (SSSR count). The molecule has 0 saturated carbocycles. The number of nitriles is 1. The Kier molecular flexibility index (Phi) is 9.35. The van der Waals surface area contributed by atoms with Crippen molar-refractivity contribution in [2.45, 2.75) is 32.1 Å². The lowest BCUT2D eigenvalue weighted by Gasteiger charge is -2.23. The van der Waals surface area contributed by atoms with E-state index in [-0.39, 0.29) is 28.2 Å². The highest BCUT2D eigenvalue weighted by Crippen LogP contribution is 2.39. The molecule has 8 nitrogen and oxygen atoms in total. The van der Waals surface area contributed by atoms with Gasteiger partial charge in [0.15, 0.2) is 0 Å². The smallest absolute Gasteiger partial charge is 0.347 e. The fourth-order valence-electron chi connectivity index (χ4n) is 4.17. The zero-order valence-electron chi connectivity index (χ0n) is 22.6. The quantitative estimate of drug-likeness (QED) is 0.121. The van der Waals surface area contributed by atoms with Crippen molar-refractivity contribution in [3.8, 4) is 6.07 Å². The van der Waals surface area contributed by atoms with Crippen LogP contribution in [0.5, 0.6) is 0 Å². The van der Waals surface area contributed by atoms with Crippen LogP contribution in [0, 0.1) is 11.3 Å². The second kappa shape index (κ2) is 12.9. The van der Waals surface area contributed by atoms with Crippen LogP contribution in [-0.2, 0) is 15.8 Å². The first-order valence-electron chi connectivity index (χ1n) is 12.8. The van der Waals surface area contributed by atoms with Gasteiger partial charge in [0.2, 0.25) is 5.91 Å². The number of nitrogens with one attached hydrogen (secondary N) is 2. The highest BCUT2D eigenvalue weighted by atomic mass is 32.2. The Bertz CT molecular complexity index is 1560. The summed E-state index contributed by atoms with van der Waals surface area (Å²) < 4.78 is 38.1. The lowest BCUT2D eigenvalue weighted by Crippen LogP contribution is -2.28. The summed E-state index contributed by atoms with van der Waals surface area (Å²) in [6.45, 7) is 4.01. The fourth-order valence-corrected chi connectivity index (χ4v) is 5.17. The third-order valence-electron chi connectivity index (χ3n) is 6.33. The molecule has 4 N–H and O–H groups in total. The number of alkyl halides is 3. The number of carbonyl (C=O) groups is 2. The zero-order valence-corrected chi connectivity index (χ0v) is 23.5. The van der Waals surface area contributed by atoms with E-state index in [0.717, 1.165) is 29.5 Å². The van der Waals surface area contributed by atoms with E-state index in [0.29, 0.717) is 22.6 Å². The minimum atomic E-state index is -4.41. The molecule has 0 spiro atoms. The standard InChI is InChI=1S/C30H27F3N6O2S/c1-18(2)23-5-3-4-6-25(23)39-26(40)16-42-29(39)24(15-34)28(41)38-22-11-7-19(8-12-22)27(35)37-17-36-21-13-9-20(10-14-21)30(31,32)33/h3-14,17-18,27H,16,35H2,1-2H3,(H,36,37)(H,38,41)/b29-24-. The van der Waals surface area contributed by atoms with Gasteiger partial charge in [-0.3, -0.25) is 19.5 Å². The summed E-state index contributed by atoms with van der Waals surface area (Å²) in [6, 6.07) is 20.3. The molecular formula is C30H27F3N6O2S. The van der Waals surface area contributed by atoms with Gasteiger partial charge in [-0.25, -0.2) is 0 Å². The SMILES string of the molecule is CC(C)c1ccccc1N1C(=O)CS/C1=C(/C#N)C(=O)Nc1ccc(C(N)N=CNc2ccc(C(F)(F)F)cc2)cc1. The first kappa shape index (κ1) is 30.4. The summed E-state index contributed by atoms with van der Waals surface area (Å²) in [4.78, 5) is 31.6. The van der Waals surface area contributed by atoms with E-state index in [1.807, 2.05) is 38.1 Å². The van der Waals surface area contributed by atoms with E-state index in [9.17, 15) is 28.0 Å². The third kappa shape index (κ3) is 6.99. The molecule has 216 valence electrons. The second-order valence-electron chi connectivity index (χ2n) is 9.54. The van der Waals surface area contributed by atoms with Crippen molar-refractivity contribution in [1.82, 2.24) is 0 Å². The van der Waals surface area contributed by atoms with E-state index in [2.05, 4.69) is 15.6 Å². The van der Waals surface area contributed by atoms with Crippen LogP contribution < -0.4 is 21.3 Å². The molecule has 1 aliphatic heterocycles. The Labute approximate surface area is 245 Å². The average molecular weight is 593 g/mol. The van der Waals surface area contributed by atoms with Crippen LogP contribution in [0.15, 0.2) is 88.4 Å². The Morgan fingerprint density at radius 1 is 1.07 bits per heavy atom. The summed E-state index contributed by atoms with van der Waals surface area (Å²) in [6.07, 6.45) is -3.91. The monoisotopic (exact) mass is 592 g/mol. The Morgan fingerprint density at radius 3 is 2.33 bits per heavy atom.